The lowest BCUT2D eigenvalue weighted by Crippen LogP contribution is -2.41. The summed E-state index contributed by atoms with van der Waals surface area (Å²) in [6.07, 6.45) is 6.21. The van der Waals surface area contributed by atoms with Crippen LogP contribution in [0.4, 0.5) is 0 Å². The second-order valence-electron chi connectivity index (χ2n) is 6.84. The summed E-state index contributed by atoms with van der Waals surface area (Å²) in [7, 11) is 1.99. The van der Waals surface area contributed by atoms with Crippen molar-refractivity contribution >= 4 is 16.8 Å². The van der Waals surface area contributed by atoms with Gasteiger partial charge in [-0.2, -0.15) is 0 Å². The summed E-state index contributed by atoms with van der Waals surface area (Å²) < 4.78 is 2.03. The van der Waals surface area contributed by atoms with Gasteiger partial charge in [-0.15, -0.1) is 0 Å². The van der Waals surface area contributed by atoms with Crippen molar-refractivity contribution in [2.75, 3.05) is 6.54 Å². The molecule has 0 bridgehead atoms. The minimum atomic E-state index is -0.285. The fourth-order valence-electron chi connectivity index (χ4n) is 3.98. The fourth-order valence-corrected chi connectivity index (χ4v) is 3.98. The number of aryl methyl sites for hydroxylation is 1. The number of rotatable bonds is 2. The number of carbonyl (C=O) groups is 1. The number of fused-ring (bicyclic) bond motifs is 2. The maximum absolute atomic E-state index is 13.6. The molecule has 0 radical (unpaired) electrons. The zero-order valence-electron chi connectivity index (χ0n) is 15.0. The maximum Gasteiger partial charge on any atom is 0.255 e. The molecule has 5 rings (SSSR count). The van der Waals surface area contributed by atoms with E-state index in [0.717, 1.165) is 34.4 Å². The van der Waals surface area contributed by atoms with Crippen LogP contribution in [0.1, 0.15) is 33.5 Å². The average Bonchev–Trinajstić information content (AvgIpc) is 3.34. The van der Waals surface area contributed by atoms with Gasteiger partial charge in [0, 0.05) is 54.6 Å². The molecule has 0 fully saturated rings. The van der Waals surface area contributed by atoms with Crippen LogP contribution in [0.2, 0.25) is 0 Å². The van der Waals surface area contributed by atoms with Gasteiger partial charge in [0.2, 0.25) is 0 Å². The first-order chi connectivity index (χ1) is 13.2. The van der Waals surface area contributed by atoms with Crippen molar-refractivity contribution in [3.63, 3.8) is 0 Å². The van der Waals surface area contributed by atoms with Crippen LogP contribution in [0.5, 0.6) is 0 Å². The highest BCUT2D eigenvalue weighted by atomic mass is 16.2. The summed E-state index contributed by atoms with van der Waals surface area (Å²) >= 11 is 0. The topological polar surface area (TPSA) is 66.8 Å². The van der Waals surface area contributed by atoms with Crippen molar-refractivity contribution in [1.82, 2.24) is 24.4 Å². The van der Waals surface area contributed by atoms with Crippen molar-refractivity contribution in [2.45, 2.75) is 12.5 Å². The average molecular weight is 357 g/mol. The van der Waals surface area contributed by atoms with Gasteiger partial charge in [0.25, 0.3) is 5.91 Å². The Morgan fingerprint density at radius 3 is 2.93 bits per heavy atom. The van der Waals surface area contributed by atoms with Gasteiger partial charge in [-0.3, -0.25) is 9.78 Å². The van der Waals surface area contributed by atoms with E-state index in [0.29, 0.717) is 12.1 Å². The molecule has 0 aliphatic carbocycles. The highest BCUT2D eigenvalue weighted by molar-refractivity contribution is 6.06. The van der Waals surface area contributed by atoms with Crippen LogP contribution in [-0.4, -0.2) is 36.9 Å². The molecular formula is C21H19N5O. The Labute approximate surface area is 156 Å². The Bertz CT molecular complexity index is 1130. The van der Waals surface area contributed by atoms with Crippen LogP contribution in [0.3, 0.4) is 0 Å². The Hall–Kier alpha value is -3.41. The first-order valence-corrected chi connectivity index (χ1v) is 9.02. The summed E-state index contributed by atoms with van der Waals surface area (Å²) in [4.78, 5) is 27.7. The number of pyridine rings is 1. The number of aromatic nitrogens is 4. The van der Waals surface area contributed by atoms with Crippen LogP contribution < -0.4 is 0 Å². The van der Waals surface area contributed by atoms with Crippen molar-refractivity contribution < 1.29 is 4.79 Å². The standard InChI is InChI=1S/C21H19N5O/c1-25-11-8-14-15(5-4-7-18(14)25)21(27)26-12-9-16-19(24-13-23-16)20(26)17-6-2-3-10-22-17/h2-8,10-11,13,20H,9,12H2,1H3,(H,23,24)/t20-/m1/s1. The van der Waals surface area contributed by atoms with Gasteiger partial charge in [0.15, 0.2) is 0 Å². The number of benzene rings is 1. The quantitative estimate of drug-likeness (QED) is 0.599. The molecule has 4 heterocycles. The molecular weight excluding hydrogens is 338 g/mol. The van der Waals surface area contributed by atoms with Gasteiger partial charge in [0.05, 0.1) is 17.7 Å². The molecule has 27 heavy (non-hydrogen) atoms. The number of amides is 1. The molecule has 134 valence electrons. The van der Waals surface area contributed by atoms with E-state index >= 15 is 0 Å². The maximum atomic E-state index is 13.6. The number of carbonyl (C=O) groups excluding carboxylic acids is 1. The monoisotopic (exact) mass is 357 g/mol. The number of hydrogen-bond donors (Lipinski definition) is 1. The van der Waals surface area contributed by atoms with E-state index in [2.05, 4.69) is 15.0 Å². The number of aromatic amines is 1. The number of imidazole rings is 1. The predicted octanol–water partition coefficient (Wildman–Crippen LogP) is 3.08. The Morgan fingerprint density at radius 1 is 1.15 bits per heavy atom. The second-order valence-corrected chi connectivity index (χ2v) is 6.84. The lowest BCUT2D eigenvalue weighted by atomic mass is 9.97. The third kappa shape index (κ3) is 2.44. The highest BCUT2D eigenvalue weighted by Gasteiger charge is 2.35. The number of hydrogen-bond acceptors (Lipinski definition) is 3. The van der Waals surface area contributed by atoms with Gasteiger partial charge in [-0.25, -0.2) is 4.98 Å². The smallest absolute Gasteiger partial charge is 0.255 e. The fraction of sp³-hybridized carbons (Fsp3) is 0.190. The molecule has 1 N–H and O–H groups in total. The van der Waals surface area contributed by atoms with Gasteiger partial charge in [0.1, 0.15) is 6.04 Å². The van der Waals surface area contributed by atoms with Crippen LogP contribution >= 0.6 is 0 Å². The third-order valence-electron chi connectivity index (χ3n) is 5.31. The second kappa shape index (κ2) is 6.09. The summed E-state index contributed by atoms with van der Waals surface area (Å²) in [6.45, 7) is 0.624. The summed E-state index contributed by atoms with van der Waals surface area (Å²) in [5.41, 5.74) is 4.56. The largest absolute Gasteiger partial charge is 0.351 e. The molecule has 6 nitrogen and oxygen atoms in total. The summed E-state index contributed by atoms with van der Waals surface area (Å²) in [5.74, 6) is 0.0103. The van der Waals surface area contributed by atoms with Crippen LogP contribution in [0, 0.1) is 0 Å². The Morgan fingerprint density at radius 2 is 2.07 bits per heavy atom. The van der Waals surface area contributed by atoms with Gasteiger partial charge < -0.3 is 14.5 Å². The molecule has 0 saturated carbocycles. The molecule has 0 spiro atoms. The molecule has 1 aliphatic heterocycles. The van der Waals surface area contributed by atoms with Crippen molar-refractivity contribution in [2.24, 2.45) is 7.05 Å². The number of H-pyrrole nitrogens is 1. The minimum absolute atomic E-state index is 0.0103. The third-order valence-corrected chi connectivity index (χ3v) is 5.31. The first-order valence-electron chi connectivity index (χ1n) is 9.02. The summed E-state index contributed by atoms with van der Waals surface area (Å²) in [5, 5.41) is 0.970. The summed E-state index contributed by atoms with van der Waals surface area (Å²) in [6, 6.07) is 13.4. The lowest BCUT2D eigenvalue weighted by Gasteiger charge is -2.34. The normalized spacial score (nSPS) is 16.5. The number of nitrogens with zero attached hydrogens (tertiary/aromatic N) is 4. The van der Waals surface area contributed by atoms with E-state index in [4.69, 9.17) is 0 Å². The zero-order valence-corrected chi connectivity index (χ0v) is 15.0. The first kappa shape index (κ1) is 15.8. The predicted molar refractivity (Wildman–Crippen MR) is 102 cm³/mol. The van der Waals surface area contributed by atoms with E-state index < -0.39 is 0 Å². The highest BCUT2D eigenvalue weighted by Crippen LogP contribution is 2.34. The van der Waals surface area contributed by atoms with Crippen molar-refractivity contribution in [1.29, 1.82) is 0 Å². The number of nitrogens with one attached hydrogen (secondary N) is 1. The van der Waals surface area contributed by atoms with E-state index in [-0.39, 0.29) is 11.9 Å². The van der Waals surface area contributed by atoms with Crippen LogP contribution in [0.25, 0.3) is 10.9 Å². The molecule has 1 aromatic carbocycles. The van der Waals surface area contributed by atoms with E-state index in [1.807, 2.05) is 65.2 Å². The molecule has 1 aliphatic rings. The lowest BCUT2D eigenvalue weighted by molar-refractivity contribution is 0.0689. The van der Waals surface area contributed by atoms with Gasteiger partial charge in [-0.1, -0.05) is 12.1 Å². The Balaban J connectivity index is 1.63. The van der Waals surface area contributed by atoms with E-state index in [9.17, 15) is 4.79 Å². The van der Waals surface area contributed by atoms with E-state index in [1.54, 1.807) is 12.5 Å². The minimum Gasteiger partial charge on any atom is -0.351 e. The molecule has 1 atom stereocenters. The molecule has 4 aromatic rings. The zero-order chi connectivity index (χ0) is 18.4. The Kier molecular flexibility index (Phi) is 3.57. The molecule has 0 unspecified atom stereocenters. The van der Waals surface area contributed by atoms with Crippen molar-refractivity contribution in [3.05, 3.63) is 83.8 Å². The SMILES string of the molecule is Cn1ccc2c(C(=O)N3CCc4[nH]cnc4[C@H]3c3ccccn3)cccc21. The van der Waals surface area contributed by atoms with E-state index in [1.165, 1.54) is 0 Å². The van der Waals surface area contributed by atoms with Gasteiger partial charge in [-0.05, 0) is 30.3 Å². The molecule has 6 heteroatoms. The van der Waals surface area contributed by atoms with Crippen molar-refractivity contribution in [3.8, 4) is 0 Å². The van der Waals surface area contributed by atoms with Crippen LogP contribution in [0.15, 0.2) is 61.2 Å². The van der Waals surface area contributed by atoms with Crippen LogP contribution in [-0.2, 0) is 13.5 Å². The van der Waals surface area contributed by atoms with Gasteiger partial charge >= 0.3 is 0 Å². The molecule has 0 saturated heterocycles. The molecule has 3 aromatic heterocycles. The molecule has 1 amide bonds.